The first-order valence-corrected chi connectivity index (χ1v) is 2.51. The summed E-state index contributed by atoms with van der Waals surface area (Å²) in [4.78, 5) is 0. The average molecular weight is 189 g/mol. The molecule has 0 aliphatic carbocycles. The van der Waals surface area contributed by atoms with Crippen molar-refractivity contribution in [3.8, 4) is 0 Å². The van der Waals surface area contributed by atoms with Crippen LogP contribution in [-0.4, -0.2) is 20.3 Å². The van der Waals surface area contributed by atoms with E-state index in [0.29, 0.717) is 0 Å². The van der Waals surface area contributed by atoms with Gasteiger partial charge in [0.2, 0.25) is 3.79 Å². The molecule has 0 aromatic heterocycles. The number of aliphatic hydroxyl groups excluding tert-OH is 1. The topological polar surface area (TPSA) is 40.5 Å². The summed E-state index contributed by atoms with van der Waals surface area (Å²) in [5.41, 5.74) is 0. The second-order valence-corrected chi connectivity index (χ2v) is 3.28. The molecule has 2 N–H and O–H groups in total. The number of hydrogen-bond donors (Lipinski definition) is 2. The largest absolute Gasteiger partial charge is 1.00 e. The summed E-state index contributed by atoms with van der Waals surface area (Å²) in [6.45, 7) is 0. The first-order valence-electron chi connectivity index (χ1n) is 1.37. The first-order chi connectivity index (χ1) is 2.94. The molecular weight excluding hydrogens is 185 g/mol. The Hall–Kier alpha value is 1.79. The van der Waals surface area contributed by atoms with Gasteiger partial charge in [-0.1, -0.05) is 34.8 Å². The number of aliphatic hydroxyl groups is 2. The van der Waals surface area contributed by atoms with Crippen LogP contribution in [0, 0.1) is 0 Å². The van der Waals surface area contributed by atoms with E-state index in [0.717, 1.165) is 0 Å². The number of halogens is 3. The van der Waals surface area contributed by atoms with Crippen LogP contribution in [0.25, 0.3) is 0 Å². The predicted molar refractivity (Wildman–Crippen MR) is 29.6 cm³/mol. The van der Waals surface area contributed by atoms with Crippen LogP contribution in [0.3, 0.4) is 0 Å². The maximum absolute atomic E-state index is 8.05. The van der Waals surface area contributed by atoms with Crippen molar-refractivity contribution in [1.29, 1.82) is 0 Å². The van der Waals surface area contributed by atoms with Crippen molar-refractivity contribution >= 4 is 34.8 Å². The summed E-state index contributed by atoms with van der Waals surface area (Å²) in [6.07, 6.45) is -1.91. The molecule has 0 rings (SSSR count). The molecule has 0 aliphatic heterocycles. The van der Waals surface area contributed by atoms with Gasteiger partial charge in [0, 0.05) is 0 Å². The zero-order valence-electron chi connectivity index (χ0n) is 5.11. The number of hydrogen-bond acceptors (Lipinski definition) is 2. The van der Waals surface area contributed by atoms with Gasteiger partial charge in [-0.3, -0.25) is 0 Å². The van der Waals surface area contributed by atoms with Gasteiger partial charge in [-0.25, -0.2) is 0 Å². The van der Waals surface area contributed by atoms with E-state index in [4.69, 9.17) is 45.0 Å². The third-order valence-corrected chi connectivity index (χ3v) is 0.878. The van der Waals surface area contributed by atoms with Gasteiger partial charge in [-0.05, 0) is 0 Å². The quantitative estimate of drug-likeness (QED) is 0.258. The fourth-order valence-corrected chi connectivity index (χ4v) is 0. The molecule has 0 spiro atoms. The minimum atomic E-state index is -1.97. The third kappa shape index (κ3) is 5.92. The van der Waals surface area contributed by atoms with Crippen LogP contribution >= 0.6 is 34.8 Å². The van der Waals surface area contributed by atoms with Gasteiger partial charge in [-0.15, -0.1) is 0 Å². The van der Waals surface area contributed by atoms with Crippen LogP contribution in [0.4, 0.5) is 0 Å². The summed E-state index contributed by atoms with van der Waals surface area (Å²) in [5, 5.41) is 16.1. The Balaban J connectivity index is -0.000000180. The molecule has 8 heavy (non-hydrogen) atoms. The summed E-state index contributed by atoms with van der Waals surface area (Å²) in [6, 6.07) is 0. The van der Waals surface area contributed by atoms with Gasteiger partial charge < -0.3 is 11.6 Å². The fourth-order valence-electron chi connectivity index (χ4n) is 0. The monoisotopic (exact) mass is 188 g/mol. The Morgan fingerprint density at radius 2 is 1.38 bits per heavy atom. The van der Waals surface area contributed by atoms with Gasteiger partial charge in [0.1, 0.15) is 0 Å². The smallest absolute Gasteiger partial charge is 1.00 e. The Morgan fingerprint density at radius 3 is 1.38 bits per heavy atom. The molecule has 6 heteroatoms. The zero-order valence-corrected chi connectivity index (χ0v) is 8.37. The van der Waals surface area contributed by atoms with Gasteiger partial charge in [0.15, 0.2) is 6.29 Å². The molecule has 0 aromatic rings. The Bertz CT molecular complexity index is 65.3. The fraction of sp³-hybridized carbons (Fsp3) is 1.00. The molecule has 0 radical (unpaired) electrons. The van der Waals surface area contributed by atoms with E-state index in [1.165, 1.54) is 0 Å². The van der Waals surface area contributed by atoms with Crippen molar-refractivity contribution in [1.82, 2.24) is 0 Å². The van der Waals surface area contributed by atoms with Crippen LogP contribution in [0.1, 0.15) is 1.43 Å². The normalized spacial score (nSPS) is 11.2. The average Bonchev–Trinajstić information content (AvgIpc) is 1.31. The van der Waals surface area contributed by atoms with Crippen molar-refractivity contribution in [2.24, 2.45) is 0 Å². The summed E-state index contributed by atoms with van der Waals surface area (Å²) >= 11 is 14.7. The molecule has 0 saturated heterocycles. The van der Waals surface area contributed by atoms with E-state index in [2.05, 4.69) is 0 Å². The van der Waals surface area contributed by atoms with Crippen LogP contribution in [0.15, 0.2) is 0 Å². The van der Waals surface area contributed by atoms with Gasteiger partial charge in [-0.2, -0.15) is 0 Å². The van der Waals surface area contributed by atoms with Crippen LogP contribution < -0.4 is 29.6 Å². The summed E-state index contributed by atoms with van der Waals surface area (Å²) in [5.74, 6) is 0. The zero-order chi connectivity index (χ0) is 6.08. The minimum Gasteiger partial charge on any atom is -1.00 e. The molecule has 0 bridgehead atoms. The molecule has 0 atom stereocenters. The second kappa shape index (κ2) is 4.58. The van der Waals surface area contributed by atoms with E-state index in [9.17, 15) is 0 Å². The Kier molecular flexibility index (Phi) is 7.14. The van der Waals surface area contributed by atoms with Crippen molar-refractivity contribution < 1.29 is 41.2 Å². The first kappa shape index (κ1) is 12.5. The molecule has 0 heterocycles. The number of rotatable bonds is 0. The van der Waals surface area contributed by atoms with E-state index in [1.54, 1.807) is 0 Å². The SMILES string of the molecule is OC(O)C(Cl)(Cl)Cl.[H-].[Na+]. The Morgan fingerprint density at radius 1 is 1.25 bits per heavy atom. The van der Waals surface area contributed by atoms with E-state index >= 15 is 0 Å². The second-order valence-electron chi connectivity index (χ2n) is 0.915. The summed E-state index contributed by atoms with van der Waals surface area (Å²) in [7, 11) is 0. The molecule has 46 valence electrons. The molecule has 0 saturated carbocycles. The molecule has 0 aliphatic rings. The van der Waals surface area contributed by atoms with Gasteiger partial charge >= 0.3 is 29.6 Å². The predicted octanol–water partition coefficient (Wildman–Crippen LogP) is -2.22. The number of alkyl halides is 3. The van der Waals surface area contributed by atoms with Crippen LogP contribution in [0.5, 0.6) is 0 Å². The summed E-state index contributed by atoms with van der Waals surface area (Å²) < 4.78 is -1.97. The standard InChI is InChI=1S/C2H3Cl3O2.Na.H/c3-2(4,5)1(6)7;;/h1,6-7H;;/q;+1;-1. The molecule has 0 unspecified atom stereocenters. The Labute approximate surface area is 85.5 Å². The van der Waals surface area contributed by atoms with E-state index < -0.39 is 10.1 Å². The third-order valence-electron chi connectivity index (χ3n) is 0.293. The van der Waals surface area contributed by atoms with Gasteiger partial charge in [0.05, 0.1) is 0 Å². The molecule has 2 nitrogen and oxygen atoms in total. The van der Waals surface area contributed by atoms with E-state index in [-0.39, 0.29) is 31.0 Å². The molecule has 0 aromatic carbocycles. The van der Waals surface area contributed by atoms with Crippen LogP contribution in [0.2, 0.25) is 0 Å². The maximum Gasteiger partial charge on any atom is 1.00 e. The van der Waals surface area contributed by atoms with Crippen molar-refractivity contribution in [2.45, 2.75) is 10.1 Å². The minimum absolute atomic E-state index is 0. The molecule has 0 amide bonds. The molecule has 0 fully saturated rings. The van der Waals surface area contributed by atoms with Crippen molar-refractivity contribution in [2.75, 3.05) is 0 Å². The maximum atomic E-state index is 8.05. The van der Waals surface area contributed by atoms with E-state index in [1.807, 2.05) is 0 Å². The van der Waals surface area contributed by atoms with Crippen LogP contribution in [-0.2, 0) is 0 Å². The van der Waals surface area contributed by atoms with Gasteiger partial charge in [0.25, 0.3) is 0 Å². The van der Waals surface area contributed by atoms with Crippen molar-refractivity contribution in [3.63, 3.8) is 0 Å². The molecular formula is C2H4Cl3NaO2. The van der Waals surface area contributed by atoms with Crippen molar-refractivity contribution in [3.05, 3.63) is 0 Å².